The van der Waals surface area contributed by atoms with Crippen molar-refractivity contribution in [3.63, 3.8) is 0 Å². The smallest absolute Gasteiger partial charge is 0.382 e. The van der Waals surface area contributed by atoms with Crippen molar-refractivity contribution < 1.29 is 23.1 Å². The maximum absolute atomic E-state index is 12.2. The standard InChI is InChI=1S/C14H13F3N2O2/c1-19(9-12(20)14(15,16)17)13(21)6-5-10-3-2-4-11(7-10)8-18/h2-7,12,20H,9H2,1H3/b6-5+. The van der Waals surface area contributed by atoms with E-state index >= 15 is 0 Å². The highest BCUT2D eigenvalue weighted by Gasteiger charge is 2.39. The molecule has 0 heterocycles. The van der Waals surface area contributed by atoms with Crippen LogP contribution in [-0.2, 0) is 4.79 Å². The minimum Gasteiger partial charge on any atom is -0.382 e. The van der Waals surface area contributed by atoms with Gasteiger partial charge in [0, 0.05) is 13.1 Å². The lowest BCUT2D eigenvalue weighted by Gasteiger charge is -2.21. The van der Waals surface area contributed by atoms with Gasteiger partial charge in [0.15, 0.2) is 6.10 Å². The van der Waals surface area contributed by atoms with Crippen molar-refractivity contribution in [2.45, 2.75) is 12.3 Å². The number of aliphatic hydroxyl groups is 1. The zero-order valence-electron chi connectivity index (χ0n) is 11.1. The number of hydrogen-bond acceptors (Lipinski definition) is 3. The van der Waals surface area contributed by atoms with Crippen molar-refractivity contribution >= 4 is 12.0 Å². The van der Waals surface area contributed by atoms with Gasteiger partial charge in [-0.15, -0.1) is 0 Å². The summed E-state index contributed by atoms with van der Waals surface area (Å²) in [6.45, 7) is -0.842. The fourth-order valence-corrected chi connectivity index (χ4v) is 1.46. The minimum atomic E-state index is -4.76. The molecule has 1 unspecified atom stereocenters. The van der Waals surface area contributed by atoms with E-state index in [1.165, 1.54) is 12.1 Å². The molecule has 0 spiro atoms. The van der Waals surface area contributed by atoms with Gasteiger partial charge in [-0.1, -0.05) is 12.1 Å². The van der Waals surface area contributed by atoms with Gasteiger partial charge in [-0.2, -0.15) is 18.4 Å². The fourth-order valence-electron chi connectivity index (χ4n) is 1.46. The van der Waals surface area contributed by atoms with Gasteiger partial charge < -0.3 is 10.0 Å². The second kappa shape index (κ2) is 6.90. The highest BCUT2D eigenvalue weighted by Crippen LogP contribution is 2.20. The van der Waals surface area contributed by atoms with Gasteiger partial charge in [-0.25, -0.2) is 0 Å². The fraction of sp³-hybridized carbons (Fsp3) is 0.286. The molecule has 112 valence electrons. The number of nitrogens with zero attached hydrogens (tertiary/aromatic N) is 2. The van der Waals surface area contributed by atoms with Crippen molar-refractivity contribution in [3.05, 3.63) is 41.5 Å². The number of aliphatic hydroxyl groups excluding tert-OH is 1. The molecular weight excluding hydrogens is 285 g/mol. The first-order chi connectivity index (χ1) is 9.74. The topological polar surface area (TPSA) is 64.3 Å². The lowest BCUT2D eigenvalue weighted by Crippen LogP contribution is -2.41. The molecule has 0 fully saturated rings. The van der Waals surface area contributed by atoms with E-state index in [0.29, 0.717) is 11.1 Å². The predicted octanol–water partition coefficient (Wildman–Crippen LogP) is 1.95. The molecule has 1 amide bonds. The third-order valence-corrected chi connectivity index (χ3v) is 2.63. The monoisotopic (exact) mass is 298 g/mol. The van der Waals surface area contributed by atoms with Crippen molar-refractivity contribution in [1.82, 2.24) is 4.90 Å². The van der Waals surface area contributed by atoms with E-state index in [4.69, 9.17) is 10.4 Å². The number of carbonyl (C=O) groups is 1. The number of alkyl halides is 3. The first-order valence-corrected chi connectivity index (χ1v) is 5.92. The Bertz CT molecular complexity index is 576. The summed E-state index contributed by atoms with van der Waals surface area (Å²) in [6.07, 6.45) is -4.87. The molecule has 0 saturated heterocycles. The van der Waals surface area contributed by atoms with Crippen LogP contribution in [0.3, 0.4) is 0 Å². The zero-order valence-corrected chi connectivity index (χ0v) is 11.1. The van der Waals surface area contributed by atoms with Gasteiger partial charge in [-0.3, -0.25) is 4.79 Å². The van der Waals surface area contributed by atoms with Crippen LogP contribution in [-0.4, -0.2) is 41.8 Å². The number of rotatable bonds is 4. The zero-order chi connectivity index (χ0) is 16.0. The Kier molecular flexibility index (Phi) is 5.50. The van der Waals surface area contributed by atoms with Crippen LogP contribution in [0.15, 0.2) is 30.3 Å². The van der Waals surface area contributed by atoms with E-state index in [-0.39, 0.29) is 0 Å². The molecule has 1 N–H and O–H groups in total. The maximum atomic E-state index is 12.2. The summed E-state index contributed by atoms with van der Waals surface area (Å²) in [4.78, 5) is 12.4. The average molecular weight is 298 g/mol. The van der Waals surface area contributed by atoms with Crippen LogP contribution < -0.4 is 0 Å². The predicted molar refractivity (Wildman–Crippen MR) is 69.9 cm³/mol. The molecule has 0 aliphatic rings. The Morgan fingerprint density at radius 1 is 1.52 bits per heavy atom. The molecule has 1 aromatic carbocycles. The summed E-state index contributed by atoms with van der Waals surface area (Å²) in [5, 5.41) is 17.6. The number of likely N-dealkylation sites (N-methyl/N-ethyl adjacent to an activating group) is 1. The van der Waals surface area contributed by atoms with Crippen LogP contribution in [0, 0.1) is 11.3 Å². The Hall–Kier alpha value is -2.33. The largest absolute Gasteiger partial charge is 0.416 e. The lowest BCUT2D eigenvalue weighted by molar-refractivity contribution is -0.207. The number of amides is 1. The molecule has 1 atom stereocenters. The Morgan fingerprint density at radius 3 is 2.76 bits per heavy atom. The molecule has 1 aromatic rings. The second-order valence-electron chi connectivity index (χ2n) is 4.35. The van der Waals surface area contributed by atoms with Crippen LogP contribution in [0.25, 0.3) is 6.08 Å². The number of carbonyl (C=O) groups excluding carboxylic acids is 1. The molecule has 0 aliphatic heterocycles. The van der Waals surface area contributed by atoms with Crippen molar-refractivity contribution in [2.24, 2.45) is 0 Å². The van der Waals surface area contributed by atoms with E-state index in [1.54, 1.807) is 18.2 Å². The molecule has 0 aliphatic carbocycles. The molecule has 1 rings (SSSR count). The summed E-state index contributed by atoms with van der Waals surface area (Å²) >= 11 is 0. The van der Waals surface area contributed by atoms with E-state index < -0.39 is 24.7 Å². The van der Waals surface area contributed by atoms with Gasteiger partial charge in [0.2, 0.25) is 5.91 Å². The van der Waals surface area contributed by atoms with Crippen LogP contribution >= 0.6 is 0 Å². The molecule has 0 bridgehead atoms. The quantitative estimate of drug-likeness (QED) is 0.864. The summed E-state index contributed by atoms with van der Waals surface area (Å²) in [7, 11) is 1.16. The van der Waals surface area contributed by atoms with Crippen LogP contribution in [0.2, 0.25) is 0 Å². The molecular formula is C14H13F3N2O2. The highest BCUT2D eigenvalue weighted by molar-refractivity contribution is 5.91. The van der Waals surface area contributed by atoms with Crippen molar-refractivity contribution in [2.75, 3.05) is 13.6 Å². The Balaban J connectivity index is 2.67. The van der Waals surface area contributed by atoms with Crippen LogP contribution in [0.5, 0.6) is 0 Å². The molecule has 4 nitrogen and oxygen atoms in total. The summed E-state index contributed by atoms with van der Waals surface area (Å²) in [6, 6.07) is 8.33. The first-order valence-electron chi connectivity index (χ1n) is 5.92. The SMILES string of the molecule is CN(CC(O)C(F)(F)F)C(=O)/C=C/c1cccc(C#N)c1. The highest BCUT2D eigenvalue weighted by atomic mass is 19.4. The first kappa shape index (κ1) is 16.7. The molecule has 21 heavy (non-hydrogen) atoms. The van der Waals surface area contributed by atoms with Gasteiger partial charge in [0.25, 0.3) is 0 Å². The number of benzene rings is 1. The minimum absolute atomic E-state index is 0.408. The van der Waals surface area contributed by atoms with Gasteiger partial charge in [0.1, 0.15) is 0 Å². The molecule has 7 heteroatoms. The average Bonchev–Trinajstić information content (AvgIpc) is 2.43. The third kappa shape index (κ3) is 5.28. The van der Waals surface area contributed by atoms with E-state index in [1.807, 2.05) is 6.07 Å². The van der Waals surface area contributed by atoms with E-state index in [0.717, 1.165) is 18.0 Å². The van der Waals surface area contributed by atoms with E-state index in [9.17, 15) is 18.0 Å². The summed E-state index contributed by atoms with van der Waals surface area (Å²) in [5.41, 5.74) is 0.984. The second-order valence-corrected chi connectivity index (χ2v) is 4.35. The van der Waals surface area contributed by atoms with Crippen LogP contribution in [0.1, 0.15) is 11.1 Å². The summed E-state index contributed by atoms with van der Waals surface area (Å²) in [5.74, 6) is -0.680. The lowest BCUT2D eigenvalue weighted by atomic mass is 10.1. The maximum Gasteiger partial charge on any atom is 0.416 e. The van der Waals surface area contributed by atoms with Crippen molar-refractivity contribution in [3.8, 4) is 6.07 Å². The Labute approximate surface area is 119 Å². The van der Waals surface area contributed by atoms with Gasteiger partial charge >= 0.3 is 6.18 Å². The van der Waals surface area contributed by atoms with Gasteiger partial charge in [-0.05, 0) is 23.8 Å². The summed E-state index contributed by atoms with van der Waals surface area (Å²) < 4.78 is 36.5. The molecule has 0 saturated carbocycles. The number of nitriles is 1. The van der Waals surface area contributed by atoms with Gasteiger partial charge in [0.05, 0.1) is 18.2 Å². The number of halogens is 3. The van der Waals surface area contributed by atoms with Crippen molar-refractivity contribution in [1.29, 1.82) is 5.26 Å². The number of hydrogen-bond donors (Lipinski definition) is 1. The van der Waals surface area contributed by atoms with Crippen LogP contribution in [0.4, 0.5) is 13.2 Å². The Morgan fingerprint density at radius 2 is 2.19 bits per heavy atom. The van der Waals surface area contributed by atoms with E-state index in [2.05, 4.69) is 0 Å². The molecule has 0 aromatic heterocycles. The third-order valence-electron chi connectivity index (χ3n) is 2.63. The normalized spacial score (nSPS) is 13.0. The molecule has 0 radical (unpaired) electrons.